The van der Waals surface area contributed by atoms with Crippen molar-refractivity contribution in [2.45, 2.75) is 44.4 Å². The number of imidazole rings is 1. The van der Waals surface area contributed by atoms with Crippen LogP contribution in [0.25, 0.3) is 11.2 Å². The molecule has 4 heterocycles. The lowest BCUT2D eigenvalue weighted by atomic mass is 10.1. The monoisotopic (exact) mass is 273 g/mol. The molecule has 2 unspecified atom stereocenters. The Balaban J connectivity index is 1.82. The summed E-state index contributed by atoms with van der Waals surface area (Å²) in [4.78, 5) is 9.28. The molecule has 20 heavy (non-hydrogen) atoms. The SMILES string of the molecule is c1cnc2c(c1)nc(C1CCCCO1)n2C1CCCO1. The van der Waals surface area contributed by atoms with Crippen LogP contribution in [-0.4, -0.2) is 27.7 Å². The Labute approximate surface area is 117 Å². The molecule has 2 aromatic heterocycles. The molecule has 0 amide bonds. The molecule has 2 aliphatic rings. The number of hydrogen-bond donors (Lipinski definition) is 0. The number of fused-ring (bicyclic) bond motifs is 1. The van der Waals surface area contributed by atoms with E-state index in [1.807, 2.05) is 18.3 Å². The molecule has 0 bridgehead atoms. The number of ether oxygens (including phenoxy) is 2. The molecule has 0 aromatic carbocycles. The third-order valence-electron chi connectivity index (χ3n) is 4.14. The highest BCUT2D eigenvalue weighted by Gasteiger charge is 2.29. The summed E-state index contributed by atoms with van der Waals surface area (Å²) in [6.07, 6.45) is 7.49. The first kappa shape index (κ1) is 12.3. The Morgan fingerprint density at radius 3 is 2.85 bits per heavy atom. The highest BCUT2D eigenvalue weighted by molar-refractivity contribution is 5.71. The maximum absolute atomic E-state index is 5.93. The van der Waals surface area contributed by atoms with Crippen molar-refractivity contribution in [3.63, 3.8) is 0 Å². The molecule has 2 aliphatic heterocycles. The Morgan fingerprint density at radius 1 is 1.10 bits per heavy atom. The molecule has 2 saturated heterocycles. The van der Waals surface area contributed by atoms with Gasteiger partial charge in [0.15, 0.2) is 5.65 Å². The van der Waals surface area contributed by atoms with Crippen molar-refractivity contribution in [1.29, 1.82) is 0 Å². The van der Waals surface area contributed by atoms with Gasteiger partial charge in [-0.25, -0.2) is 9.97 Å². The van der Waals surface area contributed by atoms with Gasteiger partial charge >= 0.3 is 0 Å². The lowest BCUT2D eigenvalue weighted by Gasteiger charge is -2.24. The van der Waals surface area contributed by atoms with Gasteiger partial charge in [-0.1, -0.05) is 0 Å². The number of pyridine rings is 1. The lowest BCUT2D eigenvalue weighted by Crippen LogP contribution is -2.19. The van der Waals surface area contributed by atoms with Crippen LogP contribution in [-0.2, 0) is 9.47 Å². The number of rotatable bonds is 2. The van der Waals surface area contributed by atoms with Gasteiger partial charge in [-0.3, -0.25) is 4.57 Å². The first-order valence-corrected chi connectivity index (χ1v) is 7.49. The van der Waals surface area contributed by atoms with Gasteiger partial charge in [0.25, 0.3) is 0 Å². The van der Waals surface area contributed by atoms with E-state index in [4.69, 9.17) is 14.5 Å². The average molecular weight is 273 g/mol. The van der Waals surface area contributed by atoms with Crippen molar-refractivity contribution in [2.24, 2.45) is 0 Å². The fraction of sp³-hybridized carbons (Fsp3) is 0.600. The third-order valence-corrected chi connectivity index (χ3v) is 4.14. The summed E-state index contributed by atoms with van der Waals surface area (Å²) in [5.41, 5.74) is 1.86. The third kappa shape index (κ3) is 2.01. The molecule has 106 valence electrons. The molecule has 4 rings (SSSR count). The average Bonchev–Trinajstić information content (AvgIpc) is 3.14. The van der Waals surface area contributed by atoms with E-state index in [9.17, 15) is 0 Å². The second kappa shape index (κ2) is 5.14. The van der Waals surface area contributed by atoms with E-state index in [-0.39, 0.29) is 12.3 Å². The highest BCUT2D eigenvalue weighted by atomic mass is 16.5. The number of aromatic nitrogens is 3. The Kier molecular flexibility index (Phi) is 3.16. The van der Waals surface area contributed by atoms with Crippen LogP contribution in [0.2, 0.25) is 0 Å². The maximum atomic E-state index is 5.93. The van der Waals surface area contributed by atoms with Crippen LogP contribution in [0.4, 0.5) is 0 Å². The van der Waals surface area contributed by atoms with Gasteiger partial charge in [-0.05, 0) is 44.2 Å². The Bertz CT molecular complexity index is 598. The Morgan fingerprint density at radius 2 is 2.05 bits per heavy atom. The van der Waals surface area contributed by atoms with Gasteiger partial charge in [0.1, 0.15) is 23.7 Å². The fourth-order valence-electron chi connectivity index (χ4n) is 3.17. The van der Waals surface area contributed by atoms with Crippen LogP contribution < -0.4 is 0 Å². The first-order valence-electron chi connectivity index (χ1n) is 7.49. The van der Waals surface area contributed by atoms with Crippen LogP contribution >= 0.6 is 0 Å². The summed E-state index contributed by atoms with van der Waals surface area (Å²) in [5, 5.41) is 0. The Hall–Kier alpha value is -1.46. The molecule has 2 atom stereocenters. The van der Waals surface area contributed by atoms with Gasteiger partial charge in [-0.2, -0.15) is 0 Å². The van der Waals surface area contributed by atoms with Crippen molar-refractivity contribution >= 4 is 11.2 Å². The second-order valence-corrected chi connectivity index (χ2v) is 5.51. The van der Waals surface area contributed by atoms with Crippen molar-refractivity contribution in [1.82, 2.24) is 14.5 Å². The molecule has 5 nitrogen and oxygen atoms in total. The summed E-state index contributed by atoms with van der Waals surface area (Å²) in [6.45, 7) is 1.65. The predicted molar refractivity (Wildman–Crippen MR) is 74.3 cm³/mol. The molecule has 5 heteroatoms. The van der Waals surface area contributed by atoms with Crippen molar-refractivity contribution in [2.75, 3.05) is 13.2 Å². The number of hydrogen-bond acceptors (Lipinski definition) is 4. The zero-order chi connectivity index (χ0) is 13.4. The number of nitrogens with zero attached hydrogens (tertiary/aromatic N) is 3. The van der Waals surface area contributed by atoms with E-state index >= 15 is 0 Å². The zero-order valence-electron chi connectivity index (χ0n) is 11.5. The van der Waals surface area contributed by atoms with Crippen molar-refractivity contribution < 1.29 is 9.47 Å². The molecule has 0 aliphatic carbocycles. The minimum absolute atomic E-state index is 0.0652. The topological polar surface area (TPSA) is 49.2 Å². The maximum Gasteiger partial charge on any atom is 0.162 e. The quantitative estimate of drug-likeness (QED) is 0.844. The van der Waals surface area contributed by atoms with Crippen LogP contribution in [0.3, 0.4) is 0 Å². The molecular formula is C15H19N3O2. The van der Waals surface area contributed by atoms with Gasteiger partial charge in [0, 0.05) is 19.4 Å². The van der Waals surface area contributed by atoms with Crippen LogP contribution in [0.5, 0.6) is 0 Å². The summed E-state index contributed by atoms with van der Waals surface area (Å²) >= 11 is 0. The lowest BCUT2D eigenvalue weighted by molar-refractivity contribution is -0.00408. The molecule has 2 aromatic rings. The van der Waals surface area contributed by atoms with E-state index in [2.05, 4.69) is 9.55 Å². The summed E-state index contributed by atoms with van der Waals surface area (Å²) in [6, 6.07) is 3.95. The van der Waals surface area contributed by atoms with Gasteiger partial charge < -0.3 is 9.47 Å². The molecule has 2 fully saturated rings. The van der Waals surface area contributed by atoms with E-state index in [0.29, 0.717) is 0 Å². The summed E-state index contributed by atoms with van der Waals surface area (Å²) < 4.78 is 14.0. The predicted octanol–water partition coefficient (Wildman–Crippen LogP) is 2.98. The van der Waals surface area contributed by atoms with Gasteiger partial charge in [0.2, 0.25) is 0 Å². The van der Waals surface area contributed by atoms with Gasteiger partial charge in [-0.15, -0.1) is 0 Å². The van der Waals surface area contributed by atoms with Crippen LogP contribution in [0.15, 0.2) is 18.3 Å². The van der Waals surface area contributed by atoms with E-state index < -0.39 is 0 Å². The molecule has 0 radical (unpaired) electrons. The van der Waals surface area contributed by atoms with E-state index in [1.165, 1.54) is 6.42 Å². The molecule has 0 saturated carbocycles. The second-order valence-electron chi connectivity index (χ2n) is 5.51. The fourth-order valence-corrected chi connectivity index (χ4v) is 3.17. The largest absolute Gasteiger partial charge is 0.370 e. The van der Waals surface area contributed by atoms with Crippen LogP contribution in [0, 0.1) is 0 Å². The highest BCUT2D eigenvalue weighted by Crippen LogP contribution is 2.34. The molecular weight excluding hydrogens is 254 g/mol. The van der Waals surface area contributed by atoms with Crippen molar-refractivity contribution in [3.05, 3.63) is 24.2 Å². The minimum Gasteiger partial charge on any atom is -0.370 e. The first-order chi connectivity index (χ1) is 9.93. The van der Waals surface area contributed by atoms with Gasteiger partial charge in [0.05, 0.1) is 0 Å². The molecule has 0 N–H and O–H groups in total. The standard InChI is InChI=1S/C15H19N3O2/c1-2-9-19-12(6-1)15-17-11-5-3-8-16-14(11)18(15)13-7-4-10-20-13/h3,5,8,12-13H,1-2,4,6-7,9-10H2. The van der Waals surface area contributed by atoms with Crippen LogP contribution in [0.1, 0.15) is 50.3 Å². The summed E-state index contributed by atoms with van der Waals surface area (Å²) in [7, 11) is 0. The van der Waals surface area contributed by atoms with Crippen molar-refractivity contribution in [3.8, 4) is 0 Å². The smallest absolute Gasteiger partial charge is 0.162 e. The van der Waals surface area contributed by atoms with E-state index in [1.54, 1.807) is 0 Å². The summed E-state index contributed by atoms with van der Waals surface area (Å²) in [5.74, 6) is 0.991. The zero-order valence-corrected chi connectivity index (χ0v) is 11.5. The minimum atomic E-state index is 0.0652. The molecule has 0 spiro atoms. The van der Waals surface area contributed by atoms with E-state index in [0.717, 1.165) is 55.9 Å². The normalized spacial score (nSPS) is 27.2.